The molecule has 0 aliphatic heterocycles. The molecule has 0 radical (unpaired) electrons. The third-order valence-corrected chi connectivity index (χ3v) is 3.45. The van der Waals surface area contributed by atoms with Crippen LogP contribution in [0.15, 0.2) is 24.3 Å². The van der Waals surface area contributed by atoms with Crippen LogP contribution in [-0.2, 0) is 0 Å². The van der Waals surface area contributed by atoms with E-state index in [1.54, 1.807) is 12.1 Å². The molecule has 0 atom stereocenters. The van der Waals surface area contributed by atoms with E-state index in [1.165, 1.54) is 12.1 Å². The van der Waals surface area contributed by atoms with Gasteiger partial charge in [0.15, 0.2) is 0 Å². The van der Waals surface area contributed by atoms with Crippen molar-refractivity contribution in [3.63, 3.8) is 0 Å². The molecule has 2 rings (SSSR count). The van der Waals surface area contributed by atoms with Crippen molar-refractivity contribution < 1.29 is 9.50 Å². The fraction of sp³-hybridized carbons (Fsp3) is 0.538. The van der Waals surface area contributed by atoms with E-state index in [2.05, 4.69) is 4.90 Å². The third kappa shape index (κ3) is 2.53. The van der Waals surface area contributed by atoms with E-state index >= 15 is 0 Å². The Hall–Kier alpha value is -1.09. The van der Waals surface area contributed by atoms with Crippen molar-refractivity contribution in [2.45, 2.75) is 37.8 Å². The second-order valence-electron chi connectivity index (χ2n) is 4.55. The number of nitrogens with zero attached hydrogens (tertiary/aromatic N) is 1. The lowest BCUT2D eigenvalue weighted by molar-refractivity contribution is 0.122. The van der Waals surface area contributed by atoms with Crippen LogP contribution in [0.3, 0.4) is 0 Å². The van der Waals surface area contributed by atoms with Crippen LogP contribution in [0.1, 0.15) is 25.7 Å². The van der Waals surface area contributed by atoms with Crippen LogP contribution >= 0.6 is 0 Å². The van der Waals surface area contributed by atoms with E-state index in [0.29, 0.717) is 6.04 Å². The minimum absolute atomic E-state index is 0.127. The maximum atomic E-state index is 12.8. The van der Waals surface area contributed by atoms with Gasteiger partial charge in [0, 0.05) is 18.8 Å². The number of halogens is 1. The highest BCUT2D eigenvalue weighted by atomic mass is 19.1. The van der Waals surface area contributed by atoms with E-state index in [-0.39, 0.29) is 11.9 Å². The molecule has 0 bridgehead atoms. The molecule has 16 heavy (non-hydrogen) atoms. The summed E-state index contributed by atoms with van der Waals surface area (Å²) in [5, 5.41) is 9.45. The number of rotatable bonds is 2. The van der Waals surface area contributed by atoms with Crippen molar-refractivity contribution in [3.8, 4) is 0 Å². The molecule has 1 aliphatic carbocycles. The molecule has 2 nitrogen and oxygen atoms in total. The number of aliphatic hydroxyl groups excluding tert-OH is 1. The lowest BCUT2D eigenvalue weighted by atomic mass is 9.92. The van der Waals surface area contributed by atoms with Crippen LogP contribution < -0.4 is 4.90 Å². The highest BCUT2D eigenvalue weighted by molar-refractivity contribution is 5.46. The summed E-state index contributed by atoms with van der Waals surface area (Å²) in [6.07, 6.45) is 3.63. The van der Waals surface area contributed by atoms with Gasteiger partial charge in [-0.1, -0.05) is 0 Å². The van der Waals surface area contributed by atoms with Gasteiger partial charge in [-0.15, -0.1) is 0 Å². The van der Waals surface area contributed by atoms with Crippen molar-refractivity contribution in [3.05, 3.63) is 30.1 Å². The molecule has 0 saturated heterocycles. The molecule has 0 amide bonds. The summed E-state index contributed by atoms with van der Waals surface area (Å²) in [6.45, 7) is 0. The van der Waals surface area contributed by atoms with Gasteiger partial charge in [0.1, 0.15) is 5.82 Å². The zero-order valence-electron chi connectivity index (χ0n) is 9.56. The van der Waals surface area contributed by atoms with Gasteiger partial charge < -0.3 is 10.0 Å². The van der Waals surface area contributed by atoms with E-state index in [9.17, 15) is 9.50 Å². The summed E-state index contributed by atoms with van der Waals surface area (Å²) in [4.78, 5) is 2.19. The normalized spacial score (nSPS) is 25.4. The summed E-state index contributed by atoms with van der Waals surface area (Å²) in [7, 11) is 2.04. The number of hydrogen-bond acceptors (Lipinski definition) is 2. The van der Waals surface area contributed by atoms with Crippen LogP contribution in [0.5, 0.6) is 0 Å². The number of aliphatic hydroxyl groups is 1. The van der Waals surface area contributed by atoms with Gasteiger partial charge in [-0.25, -0.2) is 4.39 Å². The zero-order chi connectivity index (χ0) is 11.5. The van der Waals surface area contributed by atoms with Crippen LogP contribution in [0.25, 0.3) is 0 Å². The average molecular weight is 223 g/mol. The largest absolute Gasteiger partial charge is 0.393 e. The summed E-state index contributed by atoms with van der Waals surface area (Å²) in [5.74, 6) is -0.198. The second-order valence-corrected chi connectivity index (χ2v) is 4.55. The average Bonchev–Trinajstić information content (AvgIpc) is 2.30. The quantitative estimate of drug-likeness (QED) is 0.833. The molecule has 0 spiro atoms. The predicted octanol–water partition coefficient (Wildman–Crippen LogP) is 2.57. The topological polar surface area (TPSA) is 23.5 Å². The Morgan fingerprint density at radius 2 is 1.69 bits per heavy atom. The van der Waals surface area contributed by atoms with Gasteiger partial charge in [0.2, 0.25) is 0 Å². The van der Waals surface area contributed by atoms with Crippen LogP contribution in [0.4, 0.5) is 10.1 Å². The van der Waals surface area contributed by atoms with Gasteiger partial charge in [0.25, 0.3) is 0 Å². The van der Waals surface area contributed by atoms with E-state index in [0.717, 1.165) is 31.4 Å². The smallest absolute Gasteiger partial charge is 0.123 e. The molecule has 1 aliphatic rings. The molecule has 88 valence electrons. The monoisotopic (exact) mass is 223 g/mol. The zero-order valence-corrected chi connectivity index (χ0v) is 9.56. The Kier molecular flexibility index (Phi) is 3.44. The summed E-state index contributed by atoms with van der Waals surface area (Å²) in [5.41, 5.74) is 1.04. The van der Waals surface area contributed by atoms with Crippen molar-refractivity contribution in [1.29, 1.82) is 0 Å². The van der Waals surface area contributed by atoms with E-state index < -0.39 is 0 Å². The maximum Gasteiger partial charge on any atom is 0.123 e. The van der Waals surface area contributed by atoms with E-state index in [1.807, 2.05) is 7.05 Å². The number of anilines is 1. The van der Waals surface area contributed by atoms with Gasteiger partial charge in [0.05, 0.1) is 6.10 Å². The molecular weight excluding hydrogens is 205 g/mol. The maximum absolute atomic E-state index is 12.8. The molecule has 0 aromatic heterocycles. The van der Waals surface area contributed by atoms with Crippen molar-refractivity contribution in [2.24, 2.45) is 0 Å². The first-order chi connectivity index (χ1) is 7.66. The van der Waals surface area contributed by atoms with Crippen LogP contribution in [0, 0.1) is 5.82 Å². The minimum atomic E-state index is -0.198. The lowest BCUT2D eigenvalue weighted by Gasteiger charge is -2.34. The molecule has 1 aromatic carbocycles. The molecule has 1 aromatic rings. The first-order valence-corrected chi connectivity index (χ1v) is 5.83. The molecule has 1 saturated carbocycles. The predicted molar refractivity (Wildman–Crippen MR) is 63.1 cm³/mol. The number of hydrogen-bond donors (Lipinski definition) is 1. The van der Waals surface area contributed by atoms with Crippen molar-refractivity contribution >= 4 is 5.69 Å². The minimum Gasteiger partial charge on any atom is -0.393 e. The molecule has 0 unspecified atom stereocenters. The third-order valence-electron chi connectivity index (χ3n) is 3.45. The summed E-state index contributed by atoms with van der Waals surface area (Å²) >= 11 is 0. The molecule has 1 N–H and O–H groups in total. The Balaban J connectivity index is 2.01. The SMILES string of the molecule is CN(c1ccc(F)cc1)C1CCC(O)CC1. The molecule has 0 heterocycles. The van der Waals surface area contributed by atoms with Crippen LogP contribution in [-0.4, -0.2) is 24.3 Å². The Labute approximate surface area is 95.7 Å². The summed E-state index contributed by atoms with van der Waals surface area (Å²) in [6, 6.07) is 7.06. The Bertz CT molecular complexity index is 330. The Morgan fingerprint density at radius 1 is 1.12 bits per heavy atom. The first-order valence-electron chi connectivity index (χ1n) is 5.83. The van der Waals surface area contributed by atoms with Gasteiger partial charge in [-0.3, -0.25) is 0 Å². The molecule has 3 heteroatoms. The van der Waals surface area contributed by atoms with Gasteiger partial charge in [-0.2, -0.15) is 0 Å². The van der Waals surface area contributed by atoms with Gasteiger partial charge >= 0.3 is 0 Å². The van der Waals surface area contributed by atoms with Gasteiger partial charge in [-0.05, 0) is 49.9 Å². The number of benzene rings is 1. The molecular formula is C13H18FNO. The van der Waals surface area contributed by atoms with E-state index in [4.69, 9.17) is 0 Å². The van der Waals surface area contributed by atoms with Crippen LogP contribution in [0.2, 0.25) is 0 Å². The van der Waals surface area contributed by atoms with Crippen molar-refractivity contribution in [2.75, 3.05) is 11.9 Å². The lowest BCUT2D eigenvalue weighted by Crippen LogP contribution is -2.36. The standard InChI is InChI=1S/C13H18FNO/c1-15(11-4-2-10(14)3-5-11)12-6-8-13(16)9-7-12/h2-5,12-13,16H,6-9H2,1H3. The Morgan fingerprint density at radius 3 is 2.25 bits per heavy atom. The highest BCUT2D eigenvalue weighted by Crippen LogP contribution is 2.26. The fourth-order valence-electron chi connectivity index (χ4n) is 2.33. The summed E-state index contributed by atoms with van der Waals surface area (Å²) < 4.78 is 12.8. The highest BCUT2D eigenvalue weighted by Gasteiger charge is 2.22. The molecule has 1 fully saturated rings. The second kappa shape index (κ2) is 4.83. The first kappa shape index (κ1) is 11.4. The fourth-order valence-corrected chi connectivity index (χ4v) is 2.33. The van der Waals surface area contributed by atoms with Crippen molar-refractivity contribution in [1.82, 2.24) is 0 Å².